The van der Waals surface area contributed by atoms with Crippen molar-refractivity contribution in [1.82, 2.24) is 20.2 Å². The Morgan fingerprint density at radius 3 is 2.71 bits per heavy atom. The summed E-state index contributed by atoms with van der Waals surface area (Å²) in [7, 11) is 0. The minimum atomic E-state index is -0.297. The van der Waals surface area contributed by atoms with Crippen LogP contribution in [0.2, 0.25) is 5.02 Å². The van der Waals surface area contributed by atoms with Gasteiger partial charge in [0.05, 0.1) is 0 Å². The zero-order valence-corrected chi connectivity index (χ0v) is 13.7. The van der Waals surface area contributed by atoms with Crippen LogP contribution in [0.1, 0.15) is 0 Å². The molecule has 0 atom stereocenters. The summed E-state index contributed by atoms with van der Waals surface area (Å²) in [5.74, 6) is 0. The molecule has 0 unspecified atom stereocenters. The highest BCUT2D eigenvalue weighted by Crippen LogP contribution is 2.24. The number of benzene rings is 2. The topological polar surface area (TPSA) is 83.6 Å². The first-order valence-corrected chi connectivity index (χ1v) is 8.24. The first-order chi connectivity index (χ1) is 11.7. The maximum Gasteiger partial charge on any atom is 0.291 e. The predicted molar refractivity (Wildman–Crippen MR) is 95.5 cm³/mol. The molecule has 0 aliphatic carbocycles. The highest BCUT2D eigenvalue weighted by Gasteiger charge is 2.12. The van der Waals surface area contributed by atoms with Gasteiger partial charge in [-0.2, -0.15) is 0 Å². The van der Waals surface area contributed by atoms with Crippen molar-refractivity contribution in [3.8, 4) is 0 Å². The number of carbonyl (C=O) groups excluding carboxylic acids is 1. The molecule has 6 nitrogen and oxygen atoms in total. The summed E-state index contributed by atoms with van der Waals surface area (Å²) in [6, 6.07) is 14.6. The number of hydrogen-bond acceptors (Lipinski definition) is 5. The highest BCUT2D eigenvalue weighted by molar-refractivity contribution is 8.13. The van der Waals surface area contributed by atoms with Gasteiger partial charge in [-0.1, -0.05) is 29.8 Å². The number of nitrogens with zero attached hydrogens (tertiary/aromatic N) is 3. The van der Waals surface area contributed by atoms with Crippen molar-refractivity contribution in [2.24, 2.45) is 0 Å². The molecule has 0 fully saturated rings. The van der Waals surface area contributed by atoms with E-state index in [1.165, 1.54) is 0 Å². The summed E-state index contributed by atoms with van der Waals surface area (Å²) in [4.78, 5) is 19.6. The van der Waals surface area contributed by atoms with Crippen molar-refractivity contribution in [3.63, 3.8) is 0 Å². The molecule has 0 spiro atoms. The van der Waals surface area contributed by atoms with Gasteiger partial charge in [-0.15, -0.1) is 10.2 Å². The third-order valence-corrected chi connectivity index (χ3v) is 4.27. The minimum Gasteiger partial charge on any atom is -0.338 e. The normalized spacial score (nSPS) is 11.0. The second-order valence-corrected chi connectivity index (χ2v) is 6.36. The maximum absolute atomic E-state index is 12.1. The number of amides is 1. The number of aromatic amines is 1. The van der Waals surface area contributed by atoms with E-state index >= 15 is 0 Å². The van der Waals surface area contributed by atoms with E-state index in [0.717, 1.165) is 22.7 Å². The van der Waals surface area contributed by atoms with E-state index in [1.54, 1.807) is 24.3 Å². The van der Waals surface area contributed by atoms with E-state index in [0.29, 0.717) is 21.9 Å². The number of halogens is 1. The van der Waals surface area contributed by atoms with Crippen LogP contribution >= 0.6 is 23.4 Å². The van der Waals surface area contributed by atoms with Gasteiger partial charge < -0.3 is 10.3 Å². The Morgan fingerprint density at radius 1 is 1.08 bits per heavy atom. The van der Waals surface area contributed by atoms with E-state index < -0.39 is 0 Å². The first kappa shape index (κ1) is 14.9. The molecule has 1 amide bonds. The van der Waals surface area contributed by atoms with Crippen LogP contribution in [0.25, 0.3) is 22.1 Å². The standard InChI is InChI=1S/C16H10ClN5OS/c17-9-5-7-10(8-6-9)18-16(23)24-15-20-14-13(21-22-15)11-3-1-2-4-12(11)19-14/h1-8H,(H,18,23)(H,19,20,22). The van der Waals surface area contributed by atoms with Crippen LogP contribution in [-0.4, -0.2) is 25.4 Å². The largest absolute Gasteiger partial charge is 0.338 e. The smallest absolute Gasteiger partial charge is 0.291 e. The lowest BCUT2D eigenvalue weighted by Gasteiger charge is -2.03. The SMILES string of the molecule is O=C(Nc1ccc(Cl)cc1)Sc1nnc2c(n1)[nH]c1ccccc12. The average Bonchev–Trinajstić information content (AvgIpc) is 2.94. The van der Waals surface area contributed by atoms with Gasteiger partial charge in [-0.25, -0.2) is 4.98 Å². The van der Waals surface area contributed by atoms with Crippen LogP contribution in [0.5, 0.6) is 0 Å². The van der Waals surface area contributed by atoms with Crippen molar-refractivity contribution in [2.75, 3.05) is 5.32 Å². The third kappa shape index (κ3) is 2.91. The molecule has 2 N–H and O–H groups in total. The molecule has 0 aliphatic heterocycles. The summed E-state index contributed by atoms with van der Waals surface area (Å²) in [6.45, 7) is 0. The second kappa shape index (κ2) is 6.10. The maximum atomic E-state index is 12.1. The van der Waals surface area contributed by atoms with Crippen LogP contribution in [0.15, 0.2) is 53.7 Å². The van der Waals surface area contributed by atoms with Crippen LogP contribution in [0.3, 0.4) is 0 Å². The van der Waals surface area contributed by atoms with E-state index in [4.69, 9.17) is 11.6 Å². The van der Waals surface area contributed by atoms with Gasteiger partial charge in [0, 0.05) is 33.4 Å². The first-order valence-electron chi connectivity index (χ1n) is 7.04. The lowest BCUT2D eigenvalue weighted by Crippen LogP contribution is -2.06. The van der Waals surface area contributed by atoms with Crippen LogP contribution in [-0.2, 0) is 0 Å². The molecule has 0 radical (unpaired) electrons. The average molecular weight is 356 g/mol. The Bertz CT molecular complexity index is 1050. The second-order valence-electron chi connectivity index (χ2n) is 4.98. The van der Waals surface area contributed by atoms with E-state index in [2.05, 4.69) is 25.5 Å². The van der Waals surface area contributed by atoms with Crippen molar-refractivity contribution in [1.29, 1.82) is 0 Å². The van der Waals surface area contributed by atoms with Gasteiger partial charge in [0.2, 0.25) is 5.16 Å². The molecule has 2 aromatic carbocycles. The molecular formula is C16H10ClN5OS. The summed E-state index contributed by atoms with van der Waals surface area (Å²) in [5.41, 5.74) is 2.87. The van der Waals surface area contributed by atoms with Gasteiger partial charge in [0.1, 0.15) is 5.52 Å². The fourth-order valence-corrected chi connectivity index (χ4v) is 2.99. The molecule has 24 heavy (non-hydrogen) atoms. The number of fused-ring (bicyclic) bond motifs is 3. The lowest BCUT2D eigenvalue weighted by molar-refractivity contribution is 0.269. The molecule has 2 heterocycles. The Balaban J connectivity index is 1.56. The fourth-order valence-electron chi connectivity index (χ4n) is 2.31. The van der Waals surface area contributed by atoms with Gasteiger partial charge in [-0.3, -0.25) is 4.79 Å². The Morgan fingerprint density at radius 2 is 1.88 bits per heavy atom. The minimum absolute atomic E-state index is 0.278. The molecule has 0 bridgehead atoms. The zero-order valence-electron chi connectivity index (χ0n) is 12.2. The molecular weight excluding hydrogens is 346 g/mol. The van der Waals surface area contributed by atoms with Crippen molar-refractivity contribution >= 4 is 56.4 Å². The molecule has 8 heteroatoms. The Hall–Kier alpha value is -2.64. The van der Waals surface area contributed by atoms with Gasteiger partial charge in [0.15, 0.2) is 5.65 Å². The Labute approximate surface area is 145 Å². The third-order valence-electron chi connectivity index (χ3n) is 3.38. The van der Waals surface area contributed by atoms with Crippen LogP contribution in [0, 0.1) is 0 Å². The number of anilines is 1. The summed E-state index contributed by atoms with van der Waals surface area (Å²) < 4.78 is 0. The number of nitrogens with one attached hydrogen (secondary N) is 2. The predicted octanol–water partition coefficient (Wildman–Crippen LogP) is 4.48. The quantitative estimate of drug-likeness (QED) is 0.518. The van der Waals surface area contributed by atoms with E-state index in [-0.39, 0.29) is 10.4 Å². The summed E-state index contributed by atoms with van der Waals surface area (Å²) in [6.07, 6.45) is 0. The summed E-state index contributed by atoms with van der Waals surface area (Å²) >= 11 is 6.70. The molecule has 4 aromatic rings. The lowest BCUT2D eigenvalue weighted by atomic mass is 10.2. The number of hydrogen-bond donors (Lipinski definition) is 2. The monoisotopic (exact) mass is 355 g/mol. The van der Waals surface area contributed by atoms with Crippen LogP contribution < -0.4 is 5.32 Å². The number of rotatable bonds is 2. The van der Waals surface area contributed by atoms with Crippen molar-refractivity contribution in [2.45, 2.75) is 5.16 Å². The molecule has 4 rings (SSSR count). The van der Waals surface area contributed by atoms with E-state index in [9.17, 15) is 4.79 Å². The molecule has 0 saturated heterocycles. The molecule has 2 aromatic heterocycles. The number of para-hydroxylation sites is 1. The van der Waals surface area contributed by atoms with Gasteiger partial charge >= 0.3 is 0 Å². The van der Waals surface area contributed by atoms with E-state index in [1.807, 2.05) is 24.3 Å². The molecule has 0 aliphatic rings. The molecule has 0 saturated carbocycles. The zero-order chi connectivity index (χ0) is 16.5. The van der Waals surface area contributed by atoms with Crippen molar-refractivity contribution < 1.29 is 4.79 Å². The summed E-state index contributed by atoms with van der Waals surface area (Å²) in [5, 5.41) is 12.5. The highest BCUT2D eigenvalue weighted by atomic mass is 35.5. The number of aromatic nitrogens is 4. The Kier molecular flexibility index (Phi) is 3.79. The van der Waals surface area contributed by atoms with Crippen molar-refractivity contribution in [3.05, 3.63) is 53.6 Å². The van der Waals surface area contributed by atoms with Gasteiger partial charge in [0.25, 0.3) is 5.24 Å². The van der Waals surface area contributed by atoms with Crippen LogP contribution in [0.4, 0.5) is 10.5 Å². The molecule has 118 valence electrons. The van der Waals surface area contributed by atoms with Gasteiger partial charge in [-0.05, 0) is 30.3 Å². The number of thioether (sulfide) groups is 1. The number of H-pyrrole nitrogens is 1. The fraction of sp³-hybridized carbons (Fsp3) is 0. The number of carbonyl (C=O) groups is 1.